The van der Waals surface area contributed by atoms with Crippen molar-refractivity contribution in [1.82, 2.24) is 0 Å². The van der Waals surface area contributed by atoms with Crippen molar-refractivity contribution in [1.29, 1.82) is 5.41 Å². The molecule has 0 saturated heterocycles. The van der Waals surface area contributed by atoms with E-state index in [2.05, 4.69) is 0 Å². The van der Waals surface area contributed by atoms with Crippen molar-refractivity contribution < 1.29 is 41.3 Å². The summed E-state index contributed by atoms with van der Waals surface area (Å²) in [4.78, 5) is 0.0974. The highest BCUT2D eigenvalue weighted by atomic mass is 127. The van der Waals surface area contributed by atoms with Gasteiger partial charge >= 0.3 is 10.1 Å². The number of hydrogen-bond donors (Lipinski definition) is 2. The second-order valence-electron chi connectivity index (χ2n) is 5.25. The Morgan fingerprint density at radius 1 is 1.15 bits per heavy atom. The van der Waals surface area contributed by atoms with E-state index in [-0.39, 0.29) is 39.8 Å². The van der Waals surface area contributed by atoms with Crippen LogP contribution < -0.4 is 38.6 Å². The molecule has 0 amide bonds. The van der Waals surface area contributed by atoms with Gasteiger partial charge in [-0.1, -0.05) is 30.0 Å². The van der Waals surface area contributed by atoms with Crippen LogP contribution in [-0.4, -0.2) is 25.9 Å². The molecule has 2 rings (SSSR count). The monoisotopic (exact) mass is 507 g/mol. The smallest absolute Gasteiger partial charge is 0.339 e. The van der Waals surface area contributed by atoms with Crippen molar-refractivity contribution >= 4 is 27.0 Å². The molecule has 26 heavy (non-hydrogen) atoms. The molecule has 0 spiro atoms. The van der Waals surface area contributed by atoms with Crippen molar-refractivity contribution in [2.75, 3.05) is 12.4 Å². The number of amidine groups is 1. The lowest BCUT2D eigenvalue weighted by atomic mass is 10.2. The molecule has 0 unspecified atom stereocenters. The molecule has 0 atom stereocenters. The Labute approximate surface area is 175 Å². The number of benzene rings is 2. The van der Waals surface area contributed by atoms with Crippen LogP contribution in [-0.2, 0) is 10.1 Å². The van der Waals surface area contributed by atoms with Gasteiger partial charge in [0.2, 0.25) is 0 Å². The average molecular weight is 507 g/mol. The van der Waals surface area contributed by atoms with Gasteiger partial charge in [0.25, 0.3) is 0 Å². The van der Waals surface area contributed by atoms with E-state index in [1.165, 1.54) is 23.9 Å². The molecule has 2 aromatic rings. The summed E-state index contributed by atoms with van der Waals surface area (Å²) in [5, 5.41) is 7.21. The molecule has 6 nitrogen and oxygen atoms in total. The number of nitrogens with one attached hydrogen (secondary N) is 1. The first-order valence-corrected chi connectivity index (χ1v) is 9.97. The summed E-state index contributed by atoms with van der Waals surface area (Å²) in [5.41, 5.74) is 6.09. The summed E-state index contributed by atoms with van der Waals surface area (Å²) < 4.78 is 35.4. The van der Waals surface area contributed by atoms with Crippen LogP contribution in [0.4, 0.5) is 0 Å². The lowest BCUT2D eigenvalue weighted by molar-refractivity contribution is -0.00000945. The highest BCUT2D eigenvalue weighted by Gasteiger charge is 2.16. The second kappa shape index (κ2) is 10.6. The first-order valence-electron chi connectivity index (χ1n) is 7.58. The molecule has 0 aromatic heterocycles. The Kier molecular flexibility index (Phi) is 9.23. The fraction of sp³-hybridized carbons (Fsp3) is 0.235. The summed E-state index contributed by atoms with van der Waals surface area (Å²) in [6.45, 7) is 2.27. The molecule has 0 radical (unpaired) electrons. The zero-order valence-electron chi connectivity index (χ0n) is 14.1. The minimum Gasteiger partial charge on any atom is -1.00 e. The molecule has 3 N–H and O–H groups in total. The molecule has 0 heterocycles. The first kappa shape index (κ1) is 22.6. The Morgan fingerprint density at radius 2 is 1.81 bits per heavy atom. The minimum atomic E-state index is -3.88. The average Bonchev–Trinajstić information content (AvgIpc) is 2.54. The predicted molar refractivity (Wildman–Crippen MR) is 99.9 cm³/mol. The van der Waals surface area contributed by atoms with Crippen LogP contribution in [0.15, 0.2) is 53.4 Å². The molecule has 0 bridgehead atoms. The van der Waals surface area contributed by atoms with E-state index in [1.807, 2.05) is 6.92 Å². The molecule has 0 fully saturated rings. The predicted octanol–water partition coefficient (Wildman–Crippen LogP) is 0.162. The third kappa shape index (κ3) is 7.42. The third-order valence-corrected chi connectivity index (χ3v) is 5.14. The van der Waals surface area contributed by atoms with E-state index in [9.17, 15) is 8.42 Å². The van der Waals surface area contributed by atoms with Crippen LogP contribution in [0.2, 0.25) is 0 Å². The van der Waals surface area contributed by atoms with Gasteiger partial charge in [-0.25, -0.2) is 0 Å². The fourth-order valence-corrected chi connectivity index (χ4v) is 3.46. The number of nitrogens with two attached hydrogens (primary N) is 1. The van der Waals surface area contributed by atoms with E-state index in [0.29, 0.717) is 18.1 Å². The lowest BCUT2D eigenvalue weighted by Crippen LogP contribution is -3.00. The Morgan fingerprint density at radius 3 is 2.46 bits per heavy atom. The maximum atomic E-state index is 12.3. The van der Waals surface area contributed by atoms with Gasteiger partial charge in [0.15, 0.2) is 5.17 Å². The highest BCUT2D eigenvalue weighted by molar-refractivity contribution is 8.13. The molecule has 9 heteroatoms. The lowest BCUT2D eigenvalue weighted by Gasteiger charge is -2.11. The van der Waals surface area contributed by atoms with E-state index in [4.69, 9.17) is 20.1 Å². The van der Waals surface area contributed by atoms with Gasteiger partial charge < -0.3 is 38.6 Å². The Bertz CT molecular complexity index is 830. The van der Waals surface area contributed by atoms with Gasteiger partial charge in [0.1, 0.15) is 16.4 Å². The molecule has 0 saturated carbocycles. The van der Waals surface area contributed by atoms with Crippen LogP contribution in [0.1, 0.15) is 12.0 Å². The highest BCUT2D eigenvalue weighted by Crippen LogP contribution is 2.25. The molecule has 0 aliphatic carbocycles. The zero-order chi connectivity index (χ0) is 18.3. The van der Waals surface area contributed by atoms with Crippen LogP contribution >= 0.6 is 11.8 Å². The fourth-order valence-electron chi connectivity index (χ4n) is 2.04. The Balaban J connectivity index is 0.00000338. The van der Waals surface area contributed by atoms with Gasteiger partial charge in [-0.3, -0.25) is 5.41 Å². The molecular formula is C17H20IN2O4S2-. The molecule has 0 aliphatic rings. The van der Waals surface area contributed by atoms with Crippen molar-refractivity contribution in [2.24, 2.45) is 5.73 Å². The third-order valence-electron chi connectivity index (χ3n) is 3.08. The topological polar surface area (TPSA) is 102 Å². The SMILES string of the molecule is Cc1cc(OCCCSC(=N)N)cc(OS(=O)(=O)c2ccccc2)c1.[I-]. The van der Waals surface area contributed by atoms with Gasteiger partial charge in [-0.05, 0) is 43.2 Å². The van der Waals surface area contributed by atoms with Crippen LogP contribution in [0.3, 0.4) is 0 Å². The van der Waals surface area contributed by atoms with Crippen LogP contribution in [0.5, 0.6) is 11.5 Å². The largest absolute Gasteiger partial charge is 1.00 e. The molecular weight excluding hydrogens is 487 g/mol. The van der Waals surface area contributed by atoms with Crippen LogP contribution in [0, 0.1) is 12.3 Å². The first-order chi connectivity index (χ1) is 11.9. The zero-order valence-corrected chi connectivity index (χ0v) is 17.9. The summed E-state index contributed by atoms with van der Waals surface area (Å²) >= 11 is 1.26. The number of rotatable bonds is 8. The summed E-state index contributed by atoms with van der Waals surface area (Å²) in [5.74, 6) is 1.43. The maximum absolute atomic E-state index is 12.3. The van der Waals surface area contributed by atoms with Gasteiger partial charge in [-0.2, -0.15) is 8.42 Å². The van der Waals surface area contributed by atoms with Gasteiger partial charge in [-0.15, -0.1) is 0 Å². The van der Waals surface area contributed by atoms with E-state index < -0.39 is 10.1 Å². The van der Waals surface area contributed by atoms with Crippen molar-refractivity contribution in [3.05, 3.63) is 54.1 Å². The number of aryl methyl sites for hydroxylation is 1. The Hall–Kier alpha value is -1.46. The van der Waals surface area contributed by atoms with Crippen molar-refractivity contribution in [3.63, 3.8) is 0 Å². The summed E-state index contributed by atoms with van der Waals surface area (Å²) in [6, 6.07) is 13.0. The van der Waals surface area contributed by atoms with Crippen molar-refractivity contribution in [3.8, 4) is 11.5 Å². The standard InChI is InChI=1S/C17H20N2O4S2.HI/c1-13-10-14(22-8-5-9-24-17(18)19)12-15(11-13)23-25(20,21)16-6-3-2-4-7-16;/h2-4,6-7,10-12H,5,8-9H2,1H3,(H3,18,19);1H/p-1. The summed E-state index contributed by atoms with van der Waals surface area (Å²) in [6.07, 6.45) is 0.719. The molecule has 142 valence electrons. The van der Waals surface area contributed by atoms with Gasteiger partial charge in [0, 0.05) is 11.8 Å². The molecule has 2 aromatic carbocycles. The second-order valence-corrected chi connectivity index (χ2v) is 7.93. The maximum Gasteiger partial charge on any atom is 0.339 e. The molecule has 0 aliphatic heterocycles. The number of ether oxygens (including phenoxy) is 1. The van der Waals surface area contributed by atoms with Crippen LogP contribution in [0.25, 0.3) is 0 Å². The number of halogens is 1. The van der Waals surface area contributed by atoms with Gasteiger partial charge in [0.05, 0.1) is 6.61 Å². The minimum absolute atomic E-state index is 0. The number of thioether (sulfide) groups is 1. The van der Waals surface area contributed by atoms with E-state index in [0.717, 1.165) is 12.0 Å². The number of hydrogen-bond acceptors (Lipinski definition) is 6. The van der Waals surface area contributed by atoms with Crippen molar-refractivity contribution in [2.45, 2.75) is 18.2 Å². The summed E-state index contributed by atoms with van der Waals surface area (Å²) in [7, 11) is -3.88. The normalized spacial score (nSPS) is 10.7. The van der Waals surface area contributed by atoms with E-state index >= 15 is 0 Å². The quantitative estimate of drug-likeness (QED) is 0.174. The van der Waals surface area contributed by atoms with E-state index in [1.54, 1.807) is 36.4 Å².